The van der Waals surface area contributed by atoms with Gasteiger partial charge in [-0.25, -0.2) is 8.42 Å². The standard InChI is InChI=1S/C19H24N2O4S/c1-13-10-14(2)19(15(3)11-13)21(26(5,23)24)12-18(22)20-16-8-6-7-9-17(16)25-4/h6-11H,12H2,1-5H3,(H,20,22). The second kappa shape index (κ2) is 7.78. The van der Waals surface area contributed by atoms with Crippen LogP contribution in [0.2, 0.25) is 0 Å². The summed E-state index contributed by atoms with van der Waals surface area (Å²) in [7, 11) is -2.13. The van der Waals surface area contributed by atoms with E-state index < -0.39 is 15.9 Å². The second-order valence-electron chi connectivity index (χ2n) is 6.27. The number of carbonyl (C=O) groups is 1. The van der Waals surface area contributed by atoms with Crippen LogP contribution in [0.15, 0.2) is 36.4 Å². The number of ether oxygens (including phenoxy) is 1. The SMILES string of the molecule is COc1ccccc1NC(=O)CN(c1c(C)cc(C)cc1C)S(C)(=O)=O. The molecule has 0 saturated heterocycles. The topological polar surface area (TPSA) is 75.7 Å². The first-order valence-electron chi connectivity index (χ1n) is 8.12. The summed E-state index contributed by atoms with van der Waals surface area (Å²) in [6.07, 6.45) is 1.10. The van der Waals surface area contributed by atoms with E-state index in [1.54, 1.807) is 24.3 Å². The van der Waals surface area contributed by atoms with Crippen molar-refractivity contribution < 1.29 is 17.9 Å². The lowest BCUT2D eigenvalue weighted by Gasteiger charge is -2.26. The predicted octanol–water partition coefficient (Wildman–Crippen LogP) is 3.03. The van der Waals surface area contributed by atoms with Crippen LogP contribution in [0.25, 0.3) is 0 Å². The molecule has 0 radical (unpaired) electrons. The molecular formula is C19H24N2O4S. The number of amides is 1. The van der Waals surface area contributed by atoms with Gasteiger partial charge in [-0.15, -0.1) is 0 Å². The normalized spacial score (nSPS) is 11.1. The van der Waals surface area contributed by atoms with Gasteiger partial charge in [0, 0.05) is 0 Å². The molecule has 0 spiro atoms. The van der Waals surface area contributed by atoms with Gasteiger partial charge in [-0.2, -0.15) is 0 Å². The van der Waals surface area contributed by atoms with Crippen LogP contribution in [0.1, 0.15) is 16.7 Å². The lowest BCUT2D eigenvalue weighted by atomic mass is 10.1. The van der Waals surface area contributed by atoms with E-state index in [-0.39, 0.29) is 6.54 Å². The van der Waals surface area contributed by atoms with Crippen molar-refractivity contribution in [3.05, 3.63) is 53.1 Å². The van der Waals surface area contributed by atoms with Crippen molar-refractivity contribution in [3.63, 3.8) is 0 Å². The van der Waals surface area contributed by atoms with Crippen LogP contribution >= 0.6 is 0 Å². The maximum Gasteiger partial charge on any atom is 0.245 e. The first-order valence-corrected chi connectivity index (χ1v) is 9.96. The fraction of sp³-hybridized carbons (Fsp3) is 0.316. The van der Waals surface area contributed by atoms with E-state index in [9.17, 15) is 13.2 Å². The lowest BCUT2D eigenvalue weighted by Crippen LogP contribution is -2.38. The molecule has 0 unspecified atom stereocenters. The summed E-state index contributed by atoms with van der Waals surface area (Å²) in [4.78, 5) is 12.5. The number of hydrogen-bond donors (Lipinski definition) is 1. The lowest BCUT2D eigenvalue weighted by molar-refractivity contribution is -0.114. The van der Waals surface area contributed by atoms with Gasteiger partial charge < -0.3 is 10.1 Å². The molecule has 1 N–H and O–H groups in total. The van der Waals surface area contributed by atoms with Crippen LogP contribution in [0.3, 0.4) is 0 Å². The molecule has 2 rings (SSSR count). The molecule has 0 fully saturated rings. The summed E-state index contributed by atoms with van der Waals surface area (Å²) < 4.78 is 31.1. The highest BCUT2D eigenvalue weighted by atomic mass is 32.2. The van der Waals surface area contributed by atoms with Crippen LogP contribution < -0.4 is 14.4 Å². The summed E-state index contributed by atoms with van der Waals surface area (Å²) in [5, 5.41) is 2.71. The molecule has 0 heterocycles. The Morgan fingerprint density at radius 1 is 1.12 bits per heavy atom. The highest BCUT2D eigenvalue weighted by Gasteiger charge is 2.24. The summed E-state index contributed by atoms with van der Waals surface area (Å²) in [5.41, 5.74) is 3.67. The van der Waals surface area contributed by atoms with Crippen molar-refractivity contribution in [2.24, 2.45) is 0 Å². The van der Waals surface area contributed by atoms with Crippen LogP contribution in [-0.2, 0) is 14.8 Å². The number of sulfonamides is 1. The number of carbonyl (C=O) groups excluding carboxylic acids is 1. The van der Waals surface area contributed by atoms with Crippen molar-refractivity contribution >= 4 is 27.3 Å². The number of methoxy groups -OCH3 is 1. The zero-order valence-electron chi connectivity index (χ0n) is 15.7. The van der Waals surface area contributed by atoms with Crippen molar-refractivity contribution in [1.82, 2.24) is 0 Å². The summed E-state index contributed by atoms with van der Waals surface area (Å²) in [6, 6.07) is 10.8. The smallest absolute Gasteiger partial charge is 0.245 e. The fourth-order valence-corrected chi connectivity index (χ4v) is 3.97. The third-order valence-corrected chi connectivity index (χ3v) is 5.07. The number of hydrogen-bond acceptors (Lipinski definition) is 4. The Hall–Kier alpha value is -2.54. The number of aryl methyl sites for hydroxylation is 3. The van der Waals surface area contributed by atoms with E-state index in [1.807, 2.05) is 32.9 Å². The molecule has 0 aromatic heterocycles. The third kappa shape index (κ3) is 4.54. The maximum atomic E-state index is 12.5. The van der Waals surface area contributed by atoms with Gasteiger partial charge in [0.2, 0.25) is 15.9 Å². The van der Waals surface area contributed by atoms with Gasteiger partial charge in [0.1, 0.15) is 12.3 Å². The highest BCUT2D eigenvalue weighted by molar-refractivity contribution is 7.92. The molecule has 0 aliphatic heterocycles. The molecule has 0 aliphatic rings. The molecule has 0 bridgehead atoms. The Balaban J connectivity index is 2.34. The van der Waals surface area contributed by atoms with E-state index in [0.29, 0.717) is 17.1 Å². The Morgan fingerprint density at radius 3 is 2.23 bits per heavy atom. The van der Waals surface area contributed by atoms with Crippen molar-refractivity contribution in [2.45, 2.75) is 20.8 Å². The third-order valence-electron chi connectivity index (χ3n) is 3.95. The van der Waals surface area contributed by atoms with Gasteiger partial charge in [-0.1, -0.05) is 29.8 Å². The Morgan fingerprint density at radius 2 is 1.69 bits per heavy atom. The second-order valence-corrected chi connectivity index (χ2v) is 8.17. The number of benzene rings is 2. The predicted molar refractivity (Wildman–Crippen MR) is 104 cm³/mol. The van der Waals surface area contributed by atoms with E-state index in [2.05, 4.69) is 5.32 Å². The van der Waals surface area contributed by atoms with Crippen molar-refractivity contribution in [1.29, 1.82) is 0 Å². The van der Waals surface area contributed by atoms with Gasteiger partial charge in [-0.3, -0.25) is 9.10 Å². The quantitative estimate of drug-likeness (QED) is 0.841. The van der Waals surface area contributed by atoms with E-state index >= 15 is 0 Å². The molecule has 1 amide bonds. The minimum atomic E-state index is -3.64. The Bertz CT molecular complexity index is 900. The molecular weight excluding hydrogens is 352 g/mol. The van der Waals surface area contributed by atoms with Gasteiger partial charge in [0.15, 0.2) is 0 Å². The van der Waals surface area contributed by atoms with Crippen LogP contribution in [0, 0.1) is 20.8 Å². The van der Waals surface area contributed by atoms with Crippen LogP contribution in [0.4, 0.5) is 11.4 Å². The maximum absolute atomic E-state index is 12.5. The number of para-hydroxylation sites is 2. The number of nitrogens with one attached hydrogen (secondary N) is 1. The van der Waals surface area contributed by atoms with Crippen LogP contribution in [-0.4, -0.2) is 34.2 Å². The van der Waals surface area contributed by atoms with Crippen LogP contribution in [0.5, 0.6) is 5.75 Å². The van der Waals surface area contributed by atoms with Gasteiger partial charge in [0.25, 0.3) is 0 Å². The first kappa shape index (κ1) is 19.8. The molecule has 140 valence electrons. The molecule has 2 aromatic rings. The summed E-state index contributed by atoms with van der Waals surface area (Å²) in [6.45, 7) is 5.31. The minimum Gasteiger partial charge on any atom is -0.495 e. The number of nitrogens with zero attached hydrogens (tertiary/aromatic N) is 1. The zero-order chi connectivity index (χ0) is 19.5. The minimum absolute atomic E-state index is 0.318. The van der Waals surface area contributed by atoms with E-state index in [4.69, 9.17) is 4.74 Å². The Kier molecular flexibility index (Phi) is 5.92. The average Bonchev–Trinajstić information content (AvgIpc) is 2.52. The largest absolute Gasteiger partial charge is 0.495 e. The van der Waals surface area contributed by atoms with Gasteiger partial charge in [-0.05, 0) is 44.0 Å². The van der Waals surface area contributed by atoms with E-state index in [0.717, 1.165) is 27.3 Å². The first-order chi connectivity index (χ1) is 12.1. The molecule has 0 aliphatic carbocycles. The monoisotopic (exact) mass is 376 g/mol. The zero-order valence-corrected chi connectivity index (χ0v) is 16.5. The average molecular weight is 376 g/mol. The molecule has 26 heavy (non-hydrogen) atoms. The van der Waals surface area contributed by atoms with Gasteiger partial charge in [0.05, 0.1) is 24.7 Å². The summed E-state index contributed by atoms with van der Waals surface area (Å²) in [5.74, 6) is 0.0637. The summed E-state index contributed by atoms with van der Waals surface area (Å²) >= 11 is 0. The molecule has 7 heteroatoms. The number of rotatable bonds is 6. The molecule has 0 saturated carbocycles. The Labute approximate surface area is 154 Å². The highest BCUT2D eigenvalue weighted by Crippen LogP contribution is 2.29. The van der Waals surface area contributed by atoms with Crippen molar-refractivity contribution in [2.75, 3.05) is 29.5 Å². The number of anilines is 2. The molecule has 0 atom stereocenters. The van der Waals surface area contributed by atoms with E-state index in [1.165, 1.54) is 7.11 Å². The molecule has 2 aromatic carbocycles. The molecule has 6 nitrogen and oxygen atoms in total. The van der Waals surface area contributed by atoms with Gasteiger partial charge >= 0.3 is 0 Å². The van der Waals surface area contributed by atoms with Crippen molar-refractivity contribution in [3.8, 4) is 5.75 Å². The fourth-order valence-electron chi connectivity index (χ4n) is 3.00.